The standard InChI is InChI=1S/C15H14FNO3/c16-14-9-11(4-5-13(14)15(18)19)10-20-8-6-12-3-1-2-7-17-12/h1-5,7,9H,6,8,10H2,(H,18,19). The van der Waals surface area contributed by atoms with Gasteiger partial charge in [-0.15, -0.1) is 0 Å². The second kappa shape index (κ2) is 6.77. The van der Waals surface area contributed by atoms with Crippen molar-refractivity contribution in [1.82, 2.24) is 4.98 Å². The van der Waals surface area contributed by atoms with Crippen LogP contribution in [-0.2, 0) is 17.8 Å². The highest BCUT2D eigenvalue weighted by Crippen LogP contribution is 2.11. The molecule has 0 saturated heterocycles. The van der Waals surface area contributed by atoms with Crippen LogP contribution in [0.15, 0.2) is 42.6 Å². The normalized spacial score (nSPS) is 10.4. The number of hydrogen-bond acceptors (Lipinski definition) is 3. The van der Waals surface area contributed by atoms with Gasteiger partial charge in [0.05, 0.1) is 18.8 Å². The molecule has 0 aliphatic heterocycles. The summed E-state index contributed by atoms with van der Waals surface area (Å²) in [6.45, 7) is 0.711. The third kappa shape index (κ3) is 3.86. The Morgan fingerprint density at radius 1 is 1.30 bits per heavy atom. The quantitative estimate of drug-likeness (QED) is 0.823. The Balaban J connectivity index is 1.83. The minimum atomic E-state index is -1.27. The molecule has 1 aromatic heterocycles. The summed E-state index contributed by atoms with van der Waals surface area (Å²) >= 11 is 0. The fourth-order valence-electron chi connectivity index (χ4n) is 1.73. The average Bonchev–Trinajstić information content (AvgIpc) is 2.44. The maximum atomic E-state index is 13.4. The smallest absolute Gasteiger partial charge is 0.338 e. The van der Waals surface area contributed by atoms with Crippen LogP contribution >= 0.6 is 0 Å². The highest BCUT2D eigenvalue weighted by atomic mass is 19.1. The van der Waals surface area contributed by atoms with Crippen LogP contribution in [0.25, 0.3) is 0 Å². The lowest BCUT2D eigenvalue weighted by Gasteiger charge is -2.05. The van der Waals surface area contributed by atoms with Gasteiger partial charge in [0.2, 0.25) is 0 Å². The lowest BCUT2D eigenvalue weighted by molar-refractivity contribution is 0.0691. The minimum absolute atomic E-state index is 0.240. The highest BCUT2D eigenvalue weighted by molar-refractivity contribution is 5.87. The molecule has 0 saturated carbocycles. The molecular weight excluding hydrogens is 261 g/mol. The number of aromatic nitrogens is 1. The molecule has 0 bridgehead atoms. The number of carboxylic acid groups (broad SMARTS) is 1. The Hall–Kier alpha value is -2.27. The van der Waals surface area contributed by atoms with Crippen LogP contribution < -0.4 is 0 Å². The topological polar surface area (TPSA) is 59.4 Å². The minimum Gasteiger partial charge on any atom is -0.478 e. The van der Waals surface area contributed by atoms with Crippen molar-refractivity contribution >= 4 is 5.97 Å². The molecule has 1 heterocycles. The molecule has 0 aliphatic rings. The fraction of sp³-hybridized carbons (Fsp3) is 0.200. The van der Waals surface area contributed by atoms with Crippen LogP contribution in [0.2, 0.25) is 0 Å². The first-order valence-electron chi connectivity index (χ1n) is 6.16. The van der Waals surface area contributed by atoms with Crippen LogP contribution in [-0.4, -0.2) is 22.7 Å². The third-order valence-electron chi connectivity index (χ3n) is 2.76. The number of aromatic carboxylic acids is 1. The number of pyridine rings is 1. The number of rotatable bonds is 6. The van der Waals surface area contributed by atoms with E-state index in [-0.39, 0.29) is 12.2 Å². The van der Waals surface area contributed by atoms with Gasteiger partial charge in [-0.3, -0.25) is 4.98 Å². The third-order valence-corrected chi connectivity index (χ3v) is 2.76. The number of hydrogen-bond donors (Lipinski definition) is 1. The first kappa shape index (κ1) is 14.1. The van der Waals surface area contributed by atoms with Gasteiger partial charge in [0.1, 0.15) is 5.82 Å². The van der Waals surface area contributed by atoms with Gasteiger partial charge in [-0.2, -0.15) is 0 Å². The Labute approximate surface area is 115 Å². The molecule has 2 aromatic rings. The van der Waals surface area contributed by atoms with Crippen molar-refractivity contribution in [3.63, 3.8) is 0 Å². The summed E-state index contributed by atoms with van der Waals surface area (Å²) in [5.74, 6) is -2.02. The summed E-state index contributed by atoms with van der Waals surface area (Å²) in [5, 5.41) is 8.72. The molecular formula is C15H14FNO3. The second-order valence-electron chi connectivity index (χ2n) is 4.24. The molecule has 5 heteroatoms. The fourth-order valence-corrected chi connectivity index (χ4v) is 1.73. The Bertz CT molecular complexity index is 587. The molecule has 0 amide bonds. The maximum Gasteiger partial charge on any atom is 0.338 e. The zero-order valence-corrected chi connectivity index (χ0v) is 10.8. The zero-order chi connectivity index (χ0) is 14.4. The van der Waals surface area contributed by atoms with E-state index >= 15 is 0 Å². The molecule has 20 heavy (non-hydrogen) atoms. The van der Waals surface area contributed by atoms with E-state index in [1.54, 1.807) is 12.3 Å². The molecule has 0 atom stereocenters. The van der Waals surface area contributed by atoms with Crippen molar-refractivity contribution in [1.29, 1.82) is 0 Å². The predicted octanol–water partition coefficient (Wildman–Crippen LogP) is 2.68. The molecule has 1 N–H and O–H groups in total. The molecule has 1 aromatic carbocycles. The lowest BCUT2D eigenvalue weighted by Crippen LogP contribution is -2.03. The Kier molecular flexibility index (Phi) is 4.79. The van der Waals surface area contributed by atoms with E-state index in [9.17, 15) is 9.18 Å². The monoisotopic (exact) mass is 275 g/mol. The van der Waals surface area contributed by atoms with Crippen molar-refractivity contribution in [2.45, 2.75) is 13.0 Å². The average molecular weight is 275 g/mol. The van der Waals surface area contributed by atoms with E-state index in [1.807, 2.05) is 18.2 Å². The molecule has 0 spiro atoms. The largest absolute Gasteiger partial charge is 0.478 e. The molecule has 0 aliphatic carbocycles. The summed E-state index contributed by atoms with van der Waals surface area (Å²) in [6, 6.07) is 9.64. The van der Waals surface area contributed by atoms with Crippen LogP contribution in [0, 0.1) is 5.82 Å². The molecule has 4 nitrogen and oxygen atoms in total. The van der Waals surface area contributed by atoms with Crippen LogP contribution in [0.4, 0.5) is 4.39 Å². The predicted molar refractivity (Wildman–Crippen MR) is 71.0 cm³/mol. The SMILES string of the molecule is O=C(O)c1ccc(COCCc2ccccn2)cc1F. The van der Waals surface area contributed by atoms with Gasteiger partial charge in [-0.25, -0.2) is 9.18 Å². The van der Waals surface area contributed by atoms with Gasteiger partial charge in [-0.1, -0.05) is 12.1 Å². The molecule has 0 radical (unpaired) electrons. The van der Waals surface area contributed by atoms with E-state index < -0.39 is 11.8 Å². The summed E-state index contributed by atoms with van der Waals surface area (Å²) in [5.41, 5.74) is 1.20. The lowest BCUT2D eigenvalue weighted by atomic mass is 10.1. The molecule has 2 rings (SSSR count). The van der Waals surface area contributed by atoms with E-state index in [0.717, 1.165) is 5.69 Å². The van der Waals surface area contributed by atoms with Gasteiger partial charge in [-0.05, 0) is 29.8 Å². The Morgan fingerprint density at radius 2 is 2.15 bits per heavy atom. The van der Waals surface area contributed by atoms with Crippen molar-refractivity contribution < 1.29 is 19.0 Å². The van der Waals surface area contributed by atoms with Crippen LogP contribution in [0.3, 0.4) is 0 Å². The molecule has 0 fully saturated rings. The van der Waals surface area contributed by atoms with Crippen molar-refractivity contribution in [2.24, 2.45) is 0 Å². The van der Waals surface area contributed by atoms with E-state index in [4.69, 9.17) is 9.84 Å². The summed E-state index contributed by atoms with van der Waals surface area (Å²) < 4.78 is 18.9. The van der Waals surface area contributed by atoms with Gasteiger partial charge in [0.25, 0.3) is 0 Å². The first-order valence-corrected chi connectivity index (χ1v) is 6.16. The number of benzene rings is 1. The number of ether oxygens (including phenoxy) is 1. The molecule has 0 unspecified atom stereocenters. The number of nitrogens with zero attached hydrogens (tertiary/aromatic N) is 1. The highest BCUT2D eigenvalue weighted by Gasteiger charge is 2.10. The van der Waals surface area contributed by atoms with Gasteiger partial charge >= 0.3 is 5.97 Å². The zero-order valence-electron chi connectivity index (χ0n) is 10.8. The van der Waals surface area contributed by atoms with Gasteiger partial charge in [0.15, 0.2) is 0 Å². The van der Waals surface area contributed by atoms with Crippen molar-refractivity contribution in [3.8, 4) is 0 Å². The summed E-state index contributed by atoms with van der Waals surface area (Å²) in [7, 11) is 0. The van der Waals surface area contributed by atoms with Gasteiger partial charge < -0.3 is 9.84 Å². The van der Waals surface area contributed by atoms with E-state index in [2.05, 4.69) is 4.98 Å². The number of halogens is 1. The maximum absolute atomic E-state index is 13.4. The van der Waals surface area contributed by atoms with Crippen molar-refractivity contribution in [2.75, 3.05) is 6.61 Å². The van der Waals surface area contributed by atoms with Gasteiger partial charge in [0, 0.05) is 18.3 Å². The van der Waals surface area contributed by atoms with E-state index in [0.29, 0.717) is 18.6 Å². The van der Waals surface area contributed by atoms with Crippen LogP contribution in [0.5, 0.6) is 0 Å². The van der Waals surface area contributed by atoms with E-state index in [1.165, 1.54) is 12.1 Å². The second-order valence-corrected chi connectivity index (χ2v) is 4.24. The number of carbonyl (C=O) groups is 1. The number of carboxylic acids is 1. The molecule has 104 valence electrons. The van der Waals surface area contributed by atoms with Crippen molar-refractivity contribution in [3.05, 3.63) is 65.2 Å². The summed E-state index contributed by atoms with van der Waals surface area (Å²) in [4.78, 5) is 14.8. The summed E-state index contributed by atoms with van der Waals surface area (Å²) in [6.07, 6.45) is 2.39. The Morgan fingerprint density at radius 3 is 2.80 bits per heavy atom. The first-order chi connectivity index (χ1) is 9.66. The van der Waals surface area contributed by atoms with Crippen LogP contribution in [0.1, 0.15) is 21.6 Å².